The Morgan fingerprint density at radius 3 is 2.22 bits per heavy atom. The number of aliphatic hydroxyl groups is 2. The van der Waals surface area contributed by atoms with E-state index in [2.05, 4.69) is 15.6 Å². The Labute approximate surface area is 205 Å². The number of aromatic amines is 1. The van der Waals surface area contributed by atoms with E-state index in [1.54, 1.807) is 24.4 Å². The van der Waals surface area contributed by atoms with Gasteiger partial charge >= 0.3 is 5.97 Å². The molecule has 2 aromatic rings. The molecule has 14 nitrogen and oxygen atoms in total. The van der Waals surface area contributed by atoms with Crippen LogP contribution in [0.4, 0.5) is 0 Å². The highest BCUT2D eigenvalue weighted by Gasteiger charge is 2.33. The van der Waals surface area contributed by atoms with Gasteiger partial charge in [-0.05, 0) is 18.6 Å². The number of carboxylic acid groups (broad SMARTS) is 1. The first-order valence-corrected chi connectivity index (χ1v) is 11.0. The third-order valence-corrected chi connectivity index (χ3v) is 5.35. The fourth-order valence-corrected chi connectivity index (χ4v) is 3.42. The van der Waals surface area contributed by atoms with E-state index in [0.717, 1.165) is 10.9 Å². The second-order valence-electron chi connectivity index (χ2n) is 8.21. The van der Waals surface area contributed by atoms with Crippen LogP contribution >= 0.6 is 0 Å². The lowest BCUT2D eigenvalue weighted by Crippen LogP contribution is -2.60. The molecule has 0 aliphatic carbocycles. The summed E-state index contributed by atoms with van der Waals surface area (Å²) in [6.07, 6.45) is -0.363. The molecule has 1 heterocycles. The van der Waals surface area contributed by atoms with Crippen molar-refractivity contribution in [2.75, 3.05) is 6.61 Å². The van der Waals surface area contributed by atoms with E-state index >= 15 is 0 Å². The van der Waals surface area contributed by atoms with Crippen LogP contribution in [-0.4, -0.2) is 86.8 Å². The number of H-pyrrole nitrogens is 1. The number of aliphatic carboxylic acids is 1. The maximum Gasteiger partial charge on any atom is 0.328 e. The Morgan fingerprint density at radius 1 is 1.00 bits per heavy atom. The summed E-state index contributed by atoms with van der Waals surface area (Å²) in [5.74, 6) is -5.15. The van der Waals surface area contributed by atoms with Crippen LogP contribution in [0.1, 0.15) is 18.9 Å². The summed E-state index contributed by atoms with van der Waals surface area (Å²) in [5.41, 5.74) is 12.2. The lowest BCUT2D eigenvalue weighted by Gasteiger charge is -2.26. The largest absolute Gasteiger partial charge is 0.480 e. The SMILES string of the molecule is CC(O)C(NC(=O)C(Cc1c[nH]c2ccccc12)NC(=O)C(N)CC(N)=O)C(=O)NC(CO)C(=O)O. The van der Waals surface area contributed by atoms with Crippen LogP contribution in [0.5, 0.6) is 0 Å². The van der Waals surface area contributed by atoms with Gasteiger partial charge in [-0.3, -0.25) is 19.2 Å². The van der Waals surface area contributed by atoms with Crippen LogP contribution in [-0.2, 0) is 30.4 Å². The predicted octanol–water partition coefficient (Wildman–Crippen LogP) is -3.17. The van der Waals surface area contributed by atoms with E-state index in [1.807, 2.05) is 11.4 Å². The molecule has 0 aliphatic rings. The number of fused-ring (bicyclic) bond motifs is 1. The molecule has 11 N–H and O–H groups in total. The summed E-state index contributed by atoms with van der Waals surface area (Å²) in [4.78, 5) is 63.5. The normalized spacial score (nSPS) is 15.2. The van der Waals surface area contributed by atoms with Crippen LogP contribution < -0.4 is 27.4 Å². The first-order chi connectivity index (χ1) is 16.9. The number of rotatable bonds is 13. The number of nitrogens with two attached hydrogens (primary N) is 2. The molecule has 14 heteroatoms. The van der Waals surface area contributed by atoms with Gasteiger partial charge in [-0.25, -0.2) is 4.79 Å². The second kappa shape index (κ2) is 12.6. The molecule has 5 unspecified atom stereocenters. The van der Waals surface area contributed by atoms with Gasteiger partial charge in [-0.2, -0.15) is 0 Å². The highest BCUT2D eigenvalue weighted by atomic mass is 16.4. The van der Waals surface area contributed by atoms with Crippen LogP contribution in [0, 0.1) is 0 Å². The number of benzene rings is 1. The topological polar surface area (TPSA) is 250 Å². The minimum Gasteiger partial charge on any atom is -0.480 e. The highest BCUT2D eigenvalue weighted by molar-refractivity contribution is 5.96. The summed E-state index contributed by atoms with van der Waals surface area (Å²) in [7, 11) is 0. The summed E-state index contributed by atoms with van der Waals surface area (Å²) >= 11 is 0. The van der Waals surface area contributed by atoms with Crippen LogP contribution in [0.25, 0.3) is 10.9 Å². The summed E-state index contributed by atoms with van der Waals surface area (Å²) in [6.45, 7) is 0.272. The first kappa shape index (κ1) is 28.2. The number of amides is 4. The van der Waals surface area contributed by atoms with Crippen molar-refractivity contribution in [3.63, 3.8) is 0 Å². The number of carboxylic acids is 1. The number of nitrogens with one attached hydrogen (secondary N) is 4. The van der Waals surface area contributed by atoms with Crippen molar-refractivity contribution >= 4 is 40.5 Å². The molecule has 0 saturated carbocycles. The highest BCUT2D eigenvalue weighted by Crippen LogP contribution is 2.19. The fourth-order valence-electron chi connectivity index (χ4n) is 3.42. The number of para-hydroxylation sites is 1. The number of hydrogen-bond donors (Lipinski definition) is 9. The van der Waals surface area contributed by atoms with E-state index < -0.39 is 72.9 Å². The predicted molar refractivity (Wildman–Crippen MR) is 126 cm³/mol. The van der Waals surface area contributed by atoms with Gasteiger partial charge in [0.25, 0.3) is 0 Å². The summed E-state index contributed by atoms with van der Waals surface area (Å²) in [6, 6.07) is 1.27. The van der Waals surface area contributed by atoms with Gasteiger partial charge in [0, 0.05) is 23.5 Å². The Hall–Kier alpha value is -4.01. The van der Waals surface area contributed by atoms with Crippen molar-refractivity contribution in [1.82, 2.24) is 20.9 Å². The fraction of sp³-hybridized carbons (Fsp3) is 0.409. The molecule has 2 rings (SSSR count). The minimum absolute atomic E-state index is 0.0621. The molecular weight excluding hydrogens is 476 g/mol. The van der Waals surface area contributed by atoms with E-state index in [1.165, 1.54) is 6.92 Å². The van der Waals surface area contributed by atoms with E-state index in [0.29, 0.717) is 5.56 Å². The molecule has 4 amide bonds. The monoisotopic (exact) mass is 506 g/mol. The average Bonchev–Trinajstić information content (AvgIpc) is 3.22. The van der Waals surface area contributed by atoms with Crippen molar-refractivity contribution in [2.45, 2.75) is 50.0 Å². The van der Waals surface area contributed by atoms with Gasteiger partial charge in [0.2, 0.25) is 23.6 Å². The number of primary amides is 1. The second-order valence-corrected chi connectivity index (χ2v) is 8.21. The standard InChI is InChI=1S/C22H30N6O8/c1-10(30)18(21(34)27-16(9-29)22(35)36)28-20(33)15(26-19(32)13(23)7-17(24)31)6-11-8-25-14-5-3-2-4-12(11)14/h2-5,8,10,13,15-16,18,25,29-30H,6-7,9,23H2,1H3,(H2,24,31)(H,26,32)(H,27,34)(H,28,33)(H,35,36). The summed E-state index contributed by atoms with van der Waals surface area (Å²) in [5, 5.41) is 35.7. The number of hydrogen-bond acceptors (Lipinski definition) is 8. The number of carbonyl (C=O) groups is 5. The van der Waals surface area contributed by atoms with Crippen molar-refractivity contribution in [1.29, 1.82) is 0 Å². The van der Waals surface area contributed by atoms with Gasteiger partial charge in [-0.15, -0.1) is 0 Å². The van der Waals surface area contributed by atoms with Gasteiger partial charge in [0.15, 0.2) is 0 Å². The molecule has 0 spiro atoms. The lowest BCUT2D eigenvalue weighted by atomic mass is 10.0. The van der Waals surface area contributed by atoms with Crippen molar-refractivity contribution in [2.24, 2.45) is 11.5 Å². The quantitative estimate of drug-likeness (QED) is 0.133. The maximum absolute atomic E-state index is 13.2. The first-order valence-electron chi connectivity index (χ1n) is 11.0. The van der Waals surface area contributed by atoms with Crippen molar-refractivity contribution < 1.29 is 39.3 Å². The van der Waals surface area contributed by atoms with E-state index in [-0.39, 0.29) is 6.42 Å². The van der Waals surface area contributed by atoms with Gasteiger partial charge in [0.1, 0.15) is 18.1 Å². The molecule has 1 aromatic heterocycles. The minimum atomic E-state index is -1.66. The zero-order valence-corrected chi connectivity index (χ0v) is 19.4. The summed E-state index contributed by atoms with van der Waals surface area (Å²) < 4.78 is 0. The van der Waals surface area contributed by atoms with E-state index in [9.17, 15) is 29.1 Å². The number of carbonyl (C=O) groups excluding carboxylic acids is 4. The molecule has 0 radical (unpaired) electrons. The maximum atomic E-state index is 13.2. The third kappa shape index (κ3) is 7.49. The Morgan fingerprint density at radius 2 is 1.64 bits per heavy atom. The third-order valence-electron chi connectivity index (χ3n) is 5.35. The molecule has 0 aliphatic heterocycles. The zero-order chi connectivity index (χ0) is 27.0. The van der Waals surface area contributed by atoms with E-state index in [4.69, 9.17) is 21.7 Å². The molecule has 0 saturated heterocycles. The molecular formula is C22H30N6O8. The number of aliphatic hydroxyl groups excluding tert-OH is 2. The zero-order valence-electron chi connectivity index (χ0n) is 19.4. The Balaban J connectivity index is 2.28. The number of aromatic nitrogens is 1. The van der Waals surface area contributed by atoms with Gasteiger partial charge < -0.3 is 47.7 Å². The molecule has 36 heavy (non-hydrogen) atoms. The molecule has 0 fully saturated rings. The average molecular weight is 507 g/mol. The lowest BCUT2D eigenvalue weighted by molar-refractivity contribution is -0.144. The van der Waals surface area contributed by atoms with Crippen LogP contribution in [0.3, 0.4) is 0 Å². The molecule has 196 valence electrons. The van der Waals surface area contributed by atoms with Crippen LogP contribution in [0.2, 0.25) is 0 Å². The molecule has 5 atom stereocenters. The van der Waals surface area contributed by atoms with Crippen molar-refractivity contribution in [3.05, 3.63) is 36.0 Å². The smallest absolute Gasteiger partial charge is 0.328 e. The van der Waals surface area contributed by atoms with Gasteiger partial charge in [0.05, 0.1) is 25.2 Å². The molecule has 0 bridgehead atoms. The van der Waals surface area contributed by atoms with Crippen LogP contribution in [0.15, 0.2) is 30.5 Å². The van der Waals surface area contributed by atoms with Gasteiger partial charge in [-0.1, -0.05) is 18.2 Å². The van der Waals surface area contributed by atoms with Crippen molar-refractivity contribution in [3.8, 4) is 0 Å². The Kier molecular flexibility index (Phi) is 9.90. The Bertz CT molecular complexity index is 1120. The molecule has 1 aromatic carbocycles.